The standard InChI is InChI=1S/C35H40F2N6O4/c1-21-6-5-7-22(2)42(21)15-13-38-32(45)25-9-11-27(36)29(17-25)40-34(47)30-19-39-31-18-24(12-14-43(30)31)23-8-10-26(28(37)16-23)33(46)41-35(3,4)20-44/h8-12,14,16-19,21-22,44H,5-7,13,15,20H2,1-4H3,(H,38,45)(H,40,47)(H,41,46). The fraction of sp³-hybridized carbons (Fsp3) is 0.371. The van der Waals surface area contributed by atoms with Gasteiger partial charge in [-0.1, -0.05) is 12.5 Å². The molecule has 1 fully saturated rings. The maximum Gasteiger partial charge on any atom is 0.274 e. The Labute approximate surface area is 272 Å². The molecule has 12 heteroatoms. The van der Waals surface area contributed by atoms with Crippen LogP contribution in [0.15, 0.2) is 60.9 Å². The summed E-state index contributed by atoms with van der Waals surface area (Å²) in [7, 11) is 0. The lowest BCUT2D eigenvalue weighted by Gasteiger charge is -2.39. The lowest BCUT2D eigenvalue weighted by Crippen LogP contribution is -2.47. The second-order valence-electron chi connectivity index (χ2n) is 12.7. The first kappa shape index (κ1) is 33.7. The Kier molecular flexibility index (Phi) is 10.0. The highest BCUT2D eigenvalue weighted by atomic mass is 19.1. The van der Waals surface area contributed by atoms with E-state index in [1.54, 1.807) is 38.2 Å². The smallest absolute Gasteiger partial charge is 0.274 e. The molecule has 5 rings (SSSR count). The van der Waals surface area contributed by atoms with Gasteiger partial charge in [0.05, 0.1) is 29.6 Å². The molecule has 0 spiro atoms. The number of piperidine rings is 1. The van der Waals surface area contributed by atoms with Crippen LogP contribution in [0.3, 0.4) is 0 Å². The van der Waals surface area contributed by atoms with Gasteiger partial charge in [0.2, 0.25) is 0 Å². The van der Waals surface area contributed by atoms with Crippen molar-refractivity contribution in [3.05, 3.63) is 89.4 Å². The molecule has 0 aliphatic carbocycles. The number of hydrogen-bond donors (Lipinski definition) is 4. The Morgan fingerprint density at radius 2 is 1.66 bits per heavy atom. The molecule has 1 saturated heterocycles. The normalized spacial score (nSPS) is 17.0. The van der Waals surface area contributed by atoms with Crippen molar-refractivity contribution >= 4 is 29.1 Å². The van der Waals surface area contributed by atoms with E-state index in [2.05, 4.69) is 39.7 Å². The van der Waals surface area contributed by atoms with E-state index in [0.29, 0.717) is 35.4 Å². The molecule has 1 aliphatic rings. The number of fused-ring (bicyclic) bond motifs is 1. The summed E-state index contributed by atoms with van der Waals surface area (Å²) < 4.78 is 31.2. The van der Waals surface area contributed by atoms with Crippen LogP contribution in [0.2, 0.25) is 0 Å². The van der Waals surface area contributed by atoms with Gasteiger partial charge in [-0.05, 0) is 94.1 Å². The number of pyridine rings is 1. The van der Waals surface area contributed by atoms with E-state index < -0.39 is 29.0 Å². The number of aliphatic hydroxyl groups excluding tert-OH is 1. The molecule has 2 unspecified atom stereocenters. The number of hydrogen-bond acceptors (Lipinski definition) is 6. The van der Waals surface area contributed by atoms with E-state index in [4.69, 9.17) is 0 Å². The first-order valence-electron chi connectivity index (χ1n) is 15.7. The van der Waals surface area contributed by atoms with Gasteiger partial charge in [-0.25, -0.2) is 13.8 Å². The third-order valence-electron chi connectivity index (χ3n) is 8.65. The Morgan fingerprint density at radius 3 is 2.36 bits per heavy atom. The maximum atomic E-state index is 14.9. The van der Waals surface area contributed by atoms with Crippen molar-refractivity contribution in [3.63, 3.8) is 0 Å². The van der Waals surface area contributed by atoms with Crippen LogP contribution in [0.4, 0.5) is 14.5 Å². The molecule has 0 radical (unpaired) electrons. The Hall–Kier alpha value is -4.68. The third-order valence-corrected chi connectivity index (χ3v) is 8.65. The molecular weight excluding hydrogens is 606 g/mol. The molecule has 4 N–H and O–H groups in total. The van der Waals surface area contributed by atoms with Crippen LogP contribution in [0.1, 0.15) is 78.2 Å². The molecule has 1 aliphatic heterocycles. The van der Waals surface area contributed by atoms with Crippen LogP contribution in [-0.2, 0) is 0 Å². The van der Waals surface area contributed by atoms with Crippen LogP contribution in [0, 0.1) is 11.6 Å². The van der Waals surface area contributed by atoms with E-state index in [9.17, 15) is 28.3 Å². The second-order valence-corrected chi connectivity index (χ2v) is 12.7. The van der Waals surface area contributed by atoms with Crippen LogP contribution in [-0.4, -0.2) is 74.4 Å². The molecule has 2 aromatic carbocycles. The van der Waals surface area contributed by atoms with Crippen molar-refractivity contribution in [1.29, 1.82) is 0 Å². The van der Waals surface area contributed by atoms with Gasteiger partial charge in [0.1, 0.15) is 23.0 Å². The number of anilines is 1. The lowest BCUT2D eigenvalue weighted by molar-refractivity contribution is 0.0863. The highest BCUT2D eigenvalue weighted by molar-refractivity contribution is 6.04. The lowest BCUT2D eigenvalue weighted by atomic mass is 9.98. The van der Waals surface area contributed by atoms with Crippen molar-refractivity contribution in [2.24, 2.45) is 0 Å². The predicted octanol–water partition coefficient (Wildman–Crippen LogP) is 5.03. The highest BCUT2D eigenvalue weighted by Gasteiger charge is 2.25. The minimum absolute atomic E-state index is 0.121. The Balaban J connectivity index is 1.26. The SMILES string of the molecule is CC1CCCC(C)N1CCNC(=O)c1ccc(F)c(NC(=O)c2cnc3cc(-c4ccc(C(=O)NC(C)(C)CO)c(F)c4)ccn23)c1. The summed E-state index contributed by atoms with van der Waals surface area (Å²) in [5.41, 5.74) is 0.574. The fourth-order valence-corrected chi connectivity index (χ4v) is 5.89. The van der Waals surface area contributed by atoms with Gasteiger partial charge in [0, 0.05) is 36.9 Å². The van der Waals surface area contributed by atoms with Gasteiger partial charge in [-0.2, -0.15) is 0 Å². The fourth-order valence-electron chi connectivity index (χ4n) is 5.89. The quantitative estimate of drug-likeness (QED) is 0.192. The number of nitrogens with one attached hydrogen (secondary N) is 3. The molecule has 2 aromatic heterocycles. The summed E-state index contributed by atoms with van der Waals surface area (Å²) in [6.45, 7) is 8.50. The molecule has 10 nitrogen and oxygen atoms in total. The van der Waals surface area contributed by atoms with E-state index in [1.807, 2.05) is 0 Å². The molecule has 3 heterocycles. The number of halogens is 2. The van der Waals surface area contributed by atoms with Gasteiger partial charge in [0.25, 0.3) is 17.7 Å². The summed E-state index contributed by atoms with van der Waals surface area (Å²) in [4.78, 5) is 45.2. The average molecular weight is 647 g/mol. The minimum atomic E-state index is -0.911. The molecule has 4 aromatic rings. The van der Waals surface area contributed by atoms with Gasteiger partial charge < -0.3 is 21.1 Å². The monoisotopic (exact) mass is 646 g/mol. The number of amides is 3. The van der Waals surface area contributed by atoms with Crippen LogP contribution in [0.5, 0.6) is 0 Å². The largest absolute Gasteiger partial charge is 0.394 e. The van der Waals surface area contributed by atoms with Gasteiger partial charge in [-0.3, -0.25) is 23.7 Å². The second kappa shape index (κ2) is 14.0. The van der Waals surface area contributed by atoms with Gasteiger partial charge >= 0.3 is 0 Å². The van der Waals surface area contributed by atoms with E-state index >= 15 is 0 Å². The molecule has 0 saturated carbocycles. The number of rotatable bonds is 10. The zero-order valence-corrected chi connectivity index (χ0v) is 26.9. The maximum absolute atomic E-state index is 14.9. The summed E-state index contributed by atoms with van der Waals surface area (Å²) in [5.74, 6) is -3.07. The number of likely N-dealkylation sites (tertiary alicyclic amines) is 1. The zero-order chi connectivity index (χ0) is 33.9. The van der Waals surface area contributed by atoms with Crippen LogP contribution in [0.25, 0.3) is 16.8 Å². The topological polar surface area (TPSA) is 128 Å². The van der Waals surface area contributed by atoms with Crippen molar-refractivity contribution < 1.29 is 28.3 Å². The summed E-state index contributed by atoms with van der Waals surface area (Å²) in [6, 6.07) is 12.2. The number of nitrogens with zero attached hydrogens (tertiary/aromatic N) is 3. The summed E-state index contributed by atoms with van der Waals surface area (Å²) in [5, 5.41) is 17.4. The van der Waals surface area contributed by atoms with Crippen molar-refractivity contribution in [2.75, 3.05) is 25.0 Å². The van der Waals surface area contributed by atoms with Crippen molar-refractivity contribution in [2.45, 2.75) is 64.6 Å². The first-order chi connectivity index (χ1) is 22.4. The van der Waals surface area contributed by atoms with Gasteiger partial charge in [-0.15, -0.1) is 0 Å². The van der Waals surface area contributed by atoms with E-state index in [-0.39, 0.29) is 35.0 Å². The number of carbonyl (C=O) groups is 3. The minimum Gasteiger partial charge on any atom is -0.394 e. The van der Waals surface area contributed by atoms with E-state index in [0.717, 1.165) is 25.5 Å². The van der Waals surface area contributed by atoms with E-state index in [1.165, 1.54) is 41.3 Å². The van der Waals surface area contributed by atoms with Crippen LogP contribution < -0.4 is 16.0 Å². The van der Waals surface area contributed by atoms with Gasteiger partial charge in [0.15, 0.2) is 0 Å². The predicted molar refractivity (Wildman–Crippen MR) is 175 cm³/mol. The number of benzene rings is 2. The number of carbonyl (C=O) groups excluding carboxylic acids is 3. The number of imidazole rings is 1. The molecule has 47 heavy (non-hydrogen) atoms. The molecule has 248 valence electrons. The molecular formula is C35H40F2N6O4. The first-order valence-corrected chi connectivity index (χ1v) is 15.7. The summed E-state index contributed by atoms with van der Waals surface area (Å²) in [6.07, 6.45) is 6.39. The van der Waals surface area contributed by atoms with Crippen molar-refractivity contribution in [1.82, 2.24) is 24.9 Å². The molecule has 3 amide bonds. The Bertz CT molecular complexity index is 1800. The third kappa shape index (κ3) is 7.66. The molecule has 2 atom stereocenters. The Morgan fingerprint density at radius 1 is 0.936 bits per heavy atom. The number of aromatic nitrogens is 2. The highest BCUT2D eigenvalue weighted by Crippen LogP contribution is 2.25. The summed E-state index contributed by atoms with van der Waals surface area (Å²) >= 11 is 0. The zero-order valence-electron chi connectivity index (χ0n) is 26.9. The number of aliphatic hydroxyl groups is 1. The average Bonchev–Trinajstić information content (AvgIpc) is 3.46. The van der Waals surface area contributed by atoms with Crippen LogP contribution >= 0.6 is 0 Å². The molecule has 0 bridgehead atoms. The van der Waals surface area contributed by atoms with Crippen molar-refractivity contribution in [3.8, 4) is 11.1 Å².